The Bertz CT molecular complexity index is 1410. The maximum Gasteiger partial charge on any atom is 0.271 e. The minimum Gasteiger partial charge on any atom is -0.457 e. The quantitative estimate of drug-likeness (QED) is 0.215. The van der Waals surface area contributed by atoms with Gasteiger partial charge >= 0.3 is 0 Å². The number of pyridine rings is 1. The number of nitrogens with one attached hydrogen (secondary N) is 3. The molecular weight excluding hydrogens is 438 g/mol. The molecule has 4 rings (SSSR count). The van der Waals surface area contributed by atoms with Crippen LogP contribution in [0.15, 0.2) is 73.1 Å². The summed E-state index contributed by atoms with van der Waals surface area (Å²) in [5.41, 5.74) is 2.14. The van der Waals surface area contributed by atoms with Gasteiger partial charge in [0.1, 0.15) is 17.2 Å². The van der Waals surface area contributed by atoms with Crippen LogP contribution in [0.2, 0.25) is 0 Å². The normalized spacial score (nSPS) is 10.9. The molecule has 0 aliphatic carbocycles. The number of amides is 2. The lowest BCUT2D eigenvalue weighted by atomic mass is 10.1. The van der Waals surface area contributed by atoms with Crippen LogP contribution in [0.1, 0.15) is 16.1 Å². The fourth-order valence-corrected chi connectivity index (χ4v) is 3.21. The molecular formula is C24H19N5O5. The molecule has 10 nitrogen and oxygen atoms in total. The average molecular weight is 457 g/mol. The van der Waals surface area contributed by atoms with Gasteiger partial charge in [0.15, 0.2) is 0 Å². The van der Waals surface area contributed by atoms with E-state index in [1.165, 1.54) is 37.5 Å². The Morgan fingerprint density at radius 1 is 1.09 bits per heavy atom. The molecule has 0 spiro atoms. The molecule has 0 aliphatic heterocycles. The Morgan fingerprint density at radius 2 is 1.88 bits per heavy atom. The smallest absolute Gasteiger partial charge is 0.271 e. The van der Waals surface area contributed by atoms with Crippen LogP contribution in [0.4, 0.5) is 11.4 Å². The summed E-state index contributed by atoms with van der Waals surface area (Å²) < 4.78 is 5.74. The topological polar surface area (TPSA) is 139 Å². The maximum absolute atomic E-state index is 12.3. The Labute approximate surface area is 193 Å². The standard InChI is InChI=1S/C24H19N5O5/c1-25-24(31)22-13-19(10-11-26-22)34-18-6-3-16(4-7-18)28-23(30)9-2-15-14-27-21-12-17(29(32)33)5-8-20(15)21/h2-14,27H,1H3,(H,25,31)(H,28,30)/b9-2+. The van der Waals surface area contributed by atoms with E-state index in [-0.39, 0.29) is 23.2 Å². The van der Waals surface area contributed by atoms with Gasteiger partial charge in [0.2, 0.25) is 5.91 Å². The number of nitrogens with zero attached hydrogens (tertiary/aromatic N) is 2. The Balaban J connectivity index is 1.38. The van der Waals surface area contributed by atoms with E-state index in [0.29, 0.717) is 22.7 Å². The number of benzene rings is 2. The largest absolute Gasteiger partial charge is 0.457 e. The molecule has 2 heterocycles. The molecule has 0 atom stereocenters. The van der Waals surface area contributed by atoms with Gasteiger partial charge in [-0.25, -0.2) is 0 Å². The van der Waals surface area contributed by atoms with Gasteiger partial charge in [0.05, 0.1) is 10.4 Å². The first-order valence-corrected chi connectivity index (χ1v) is 10.1. The summed E-state index contributed by atoms with van der Waals surface area (Å²) in [5.74, 6) is 0.327. The van der Waals surface area contributed by atoms with Crippen LogP contribution in [-0.2, 0) is 4.79 Å². The first-order chi connectivity index (χ1) is 16.4. The van der Waals surface area contributed by atoms with Crippen molar-refractivity contribution in [2.75, 3.05) is 12.4 Å². The fraction of sp³-hybridized carbons (Fsp3) is 0.0417. The van der Waals surface area contributed by atoms with Gasteiger partial charge in [-0.05, 0) is 48.0 Å². The number of nitro groups is 1. The van der Waals surface area contributed by atoms with Crippen molar-refractivity contribution in [2.24, 2.45) is 0 Å². The number of aromatic amines is 1. The maximum atomic E-state index is 12.3. The van der Waals surface area contributed by atoms with Crippen LogP contribution in [0.5, 0.6) is 11.5 Å². The van der Waals surface area contributed by atoms with E-state index in [1.807, 2.05) is 0 Å². The Kier molecular flexibility index (Phi) is 6.31. The van der Waals surface area contributed by atoms with Crippen molar-refractivity contribution in [1.29, 1.82) is 0 Å². The third-order valence-corrected chi connectivity index (χ3v) is 4.87. The van der Waals surface area contributed by atoms with Gasteiger partial charge in [0.25, 0.3) is 11.6 Å². The van der Waals surface area contributed by atoms with Gasteiger partial charge in [0, 0.05) is 54.8 Å². The lowest BCUT2D eigenvalue weighted by Gasteiger charge is -2.08. The molecule has 4 aromatic rings. The van der Waals surface area contributed by atoms with E-state index < -0.39 is 4.92 Å². The van der Waals surface area contributed by atoms with Crippen LogP contribution in [-0.4, -0.2) is 33.8 Å². The van der Waals surface area contributed by atoms with Crippen LogP contribution >= 0.6 is 0 Å². The van der Waals surface area contributed by atoms with Gasteiger partial charge in [-0.3, -0.25) is 24.7 Å². The molecule has 0 fully saturated rings. The highest BCUT2D eigenvalue weighted by molar-refractivity contribution is 6.03. The lowest BCUT2D eigenvalue weighted by Crippen LogP contribution is -2.18. The number of non-ortho nitro benzene ring substituents is 1. The Morgan fingerprint density at radius 3 is 2.62 bits per heavy atom. The molecule has 2 aromatic carbocycles. The second-order valence-electron chi connectivity index (χ2n) is 7.14. The molecule has 170 valence electrons. The number of carbonyl (C=O) groups is 2. The Hall–Kier alpha value is -4.99. The fourth-order valence-electron chi connectivity index (χ4n) is 3.21. The summed E-state index contributed by atoms with van der Waals surface area (Å²) in [6.07, 6.45) is 6.17. The number of rotatable bonds is 7. The number of anilines is 1. The van der Waals surface area contributed by atoms with Crippen molar-refractivity contribution < 1.29 is 19.2 Å². The molecule has 3 N–H and O–H groups in total. The SMILES string of the molecule is CNC(=O)c1cc(Oc2ccc(NC(=O)/C=C/c3c[nH]c4cc([N+](=O)[O-])ccc34)cc2)ccn1. The predicted molar refractivity (Wildman–Crippen MR) is 127 cm³/mol. The molecule has 10 heteroatoms. The molecule has 0 bridgehead atoms. The summed E-state index contributed by atoms with van der Waals surface area (Å²) in [6.45, 7) is 0. The highest BCUT2D eigenvalue weighted by Gasteiger charge is 2.10. The summed E-state index contributed by atoms with van der Waals surface area (Å²) >= 11 is 0. The van der Waals surface area contributed by atoms with Crippen LogP contribution in [0.25, 0.3) is 17.0 Å². The predicted octanol–water partition coefficient (Wildman–Crippen LogP) is 4.27. The van der Waals surface area contributed by atoms with Gasteiger partial charge < -0.3 is 20.4 Å². The molecule has 2 amide bonds. The van der Waals surface area contributed by atoms with E-state index in [9.17, 15) is 19.7 Å². The average Bonchev–Trinajstić information content (AvgIpc) is 3.26. The zero-order valence-corrected chi connectivity index (χ0v) is 17.9. The zero-order chi connectivity index (χ0) is 24.1. The number of ether oxygens (including phenoxy) is 1. The van der Waals surface area contributed by atoms with E-state index in [1.54, 1.807) is 48.7 Å². The van der Waals surface area contributed by atoms with Crippen molar-refractivity contribution >= 4 is 40.2 Å². The molecule has 34 heavy (non-hydrogen) atoms. The van der Waals surface area contributed by atoms with E-state index >= 15 is 0 Å². The number of nitro benzene ring substituents is 1. The number of carbonyl (C=O) groups excluding carboxylic acids is 2. The highest BCUT2D eigenvalue weighted by atomic mass is 16.6. The molecule has 0 aliphatic rings. The van der Waals surface area contributed by atoms with E-state index in [4.69, 9.17) is 4.74 Å². The summed E-state index contributed by atoms with van der Waals surface area (Å²) in [4.78, 5) is 41.4. The summed E-state index contributed by atoms with van der Waals surface area (Å²) in [7, 11) is 1.52. The third kappa shape index (κ3) is 5.07. The molecule has 0 saturated carbocycles. The van der Waals surface area contributed by atoms with Gasteiger partial charge in [-0.15, -0.1) is 0 Å². The molecule has 0 radical (unpaired) electrons. The highest BCUT2D eigenvalue weighted by Crippen LogP contribution is 2.25. The minimum atomic E-state index is -0.460. The number of aromatic nitrogens is 2. The van der Waals surface area contributed by atoms with Crippen LogP contribution in [0, 0.1) is 10.1 Å². The first kappa shape index (κ1) is 22.2. The monoisotopic (exact) mass is 457 g/mol. The summed E-state index contributed by atoms with van der Waals surface area (Å²) in [6, 6.07) is 14.4. The van der Waals surface area contributed by atoms with E-state index in [2.05, 4.69) is 20.6 Å². The van der Waals surface area contributed by atoms with Crippen LogP contribution in [0.3, 0.4) is 0 Å². The van der Waals surface area contributed by atoms with Crippen molar-refractivity contribution in [2.45, 2.75) is 0 Å². The number of fused-ring (bicyclic) bond motifs is 1. The summed E-state index contributed by atoms with van der Waals surface area (Å²) in [5, 5.41) is 16.9. The zero-order valence-electron chi connectivity index (χ0n) is 17.9. The second kappa shape index (κ2) is 9.65. The second-order valence-corrected chi connectivity index (χ2v) is 7.14. The van der Waals surface area contributed by atoms with Crippen molar-refractivity contribution in [3.8, 4) is 11.5 Å². The third-order valence-electron chi connectivity index (χ3n) is 4.87. The number of hydrogen-bond donors (Lipinski definition) is 3. The molecule has 0 saturated heterocycles. The van der Waals surface area contributed by atoms with E-state index in [0.717, 1.165) is 10.9 Å². The number of hydrogen-bond acceptors (Lipinski definition) is 6. The first-order valence-electron chi connectivity index (χ1n) is 10.1. The van der Waals surface area contributed by atoms with Crippen molar-refractivity contribution in [3.05, 3.63) is 94.4 Å². The van der Waals surface area contributed by atoms with Gasteiger partial charge in [-0.1, -0.05) is 0 Å². The lowest BCUT2D eigenvalue weighted by molar-refractivity contribution is -0.384. The van der Waals surface area contributed by atoms with Crippen molar-refractivity contribution in [1.82, 2.24) is 15.3 Å². The van der Waals surface area contributed by atoms with Crippen molar-refractivity contribution in [3.63, 3.8) is 0 Å². The number of H-pyrrole nitrogens is 1. The molecule has 2 aromatic heterocycles. The molecule has 0 unspecified atom stereocenters. The van der Waals surface area contributed by atoms with Crippen LogP contribution < -0.4 is 15.4 Å². The van der Waals surface area contributed by atoms with Gasteiger partial charge in [-0.2, -0.15) is 0 Å². The minimum absolute atomic E-state index is 0.00845.